The largest absolute Gasteiger partial charge is 0.241 e. The van der Waals surface area contributed by atoms with Crippen molar-refractivity contribution in [2.75, 3.05) is 0 Å². The molecule has 2 atom stereocenters. The summed E-state index contributed by atoms with van der Waals surface area (Å²) in [7, 11) is 0. The highest BCUT2D eigenvalue weighted by atomic mass is 32.1. The van der Waals surface area contributed by atoms with Crippen molar-refractivity contribution < 1.29 is 8.78 Å². The predicted octanol–water partition coefficient (Wildman–Crippen LogP) is 6.38. The van der Waals surface area contributed by atoms with Gasteiger partial charge in [-0.3, -0.25) is 0 Å². The van der Waals surface area contributed by atoms with Crippen molar-refractivity contribution in [2.24, 2.45) is 0 Å². The van der Waals surface area contributed by atoms with Crippen LogP contribution in [0.4, 0.5) is 8.78 Å². The summed E-state index contributed by atoms with van der Waals surface area (Å²) in [5.74, 6) is -0.366. The molecule has 23 heavy (non-hydrogen) atoms. The molecule has 0 nitrogen and oxygen atoms in total. The molecule has 0 fully saturated rings. The third-order valence-electron chi connectivity index (χ3n) is 4.44. The summed E-state index contributed by atoms with van der Waals surface area (Å²) in [4.78, 5) is 1.86. The smallest absolute Gasteiger partial charge is 0.136 e. The van der Waals surface area contributed by atoms with Crippen molar-refractivity contribution in [3.05, 3.63) is 75.8 Å². The first-order valence-electron chi connectivity index (χ1n) is 7.94. The normalized spacial score (nSPS) is 24.3. The van der Waals surface area contributed by atoms with Gasteiger partial charge in [-0.05, 0) is 48.8 Å². The molecule has 0 amide bonds. The first kappa shape index (κ1) is 16.1. The second kappa shape index (κ2) is 6.40. The number of halogens is 2. The molecule has 1 aliphatic carbocycles. The first-order chi connectivity index (χ1) is 11.1. The van der Waals surface area contributed by atoms with Gasteiger partial charge in [-0.1, -0.05) is 43.7 Å². The predicted molar refractivity (Wildman–Crippen MR) is 94.1 cm³/mol. The summed E-state index contributed by atoms with van der Waals surface area (Å²) in [6.45, 7) is 3.94. The molecule has 1 aliphatic rings. The Bertz CT molecular complexity index is 742. The molecule has 2 aromatic rings. The lowest BCUT2D eigenvalue weighted by molar-refractivity contribution is 0.220. The van der Waals surface area contributed by atoms with Gasteiger partial charge in [0.1, 0.15) is 12.0 Å². The van der Waals surface area contributed by atoms with E-state index in [0.717, 1.165) is 21.7 Å². The van der Waals surface area contributed by atoms with Crippen LogP contribution < -0.4 is 0 Å². The Morgan fingerprint density at radius 3 is 2.43 bits per heavy atom. The number of benzene rings is 1. The van der Waals surface area contributed by atoms with E-state index in [9.17, 15) is 0 Å². The molecule has 0 bridgehead atoms. The van der Waals surface area contributed by atoms with E-state index in [2.05, 4.69) is 0 Å². The molecular weight excluding hydrogens is 310 g/mol. The average Bonchev–Trinajstić information content (AvgIpc) is 2.98. The molecule has 3 heteroatoms. The van der Waals surface area contributed by atoms with Gasteiger partial charge < -0.3 is 0 Å². The van der Waals surface area contributed by atoms with Crippen LogP contribution in [0.3, 0.4) is 0 Å². The van der Waals surface area contributed by atoms with Crippen molar-refractivity contribution in [1.29, 1.82) is 0 Å². The molecule has 3 rings (SSSR count). The van der Waals surface area contributed by atoms with Crippen molar-refractivity contribution in [1.82, 2.24) is 0 Å². The Morgan fingerprint density at radius 2 is 1.87 bits per heavy atom. The van der Waals surface area contributed by atoms with E-state index in [0.29, 0.717) is 12.0 Å². The Morgan fingerprint density at radius 1 is 1.13 bits per heavy atom. The van der Waals surface area contributed by atoms with Crippen molar-refractivity contribution in [3.63, 3.8) is 0 Å². The number of allylic oxidation sites excluding steroid dienone is 4. The van der Waals surface area contributed by atoms with E-state index in [-0.39, 0.29) is 5.83 Å². The standard InChI is InChI=1S/C20H20F2S/c1-3-11-20(19-10-9-14(2)23-19)17(21)12-16(13-18(20)22)15-7-5-4-6-8-15/h4-10,12-13,17H,3,11H2,1-2H3. The number of rotatable bonds is 4. The molecule has 2 unspecified atom stereocenters. The lowest BCUT2D eigenvalue weighted by atomic mass is 9.72. The first-order valence-corrected chi connectivity index (χ1v) is 8.75. The molecule has 0 saturated carbocycles. The molecule has 0 radical (unpaired) electrons. The van der Waals surface area contributed by atoms with E-state index in [1.54, 1.807) is 6.08 Å². The fraction of sp³-hybridized carbons (Fsp3) is 0.300. The fourth-order valence-corrected chi connectivity index (χ4v) is 4.37. The SMILES string of the molecule is CCCC1(c2ccc(C)s2)C(F)=CC(c2ccccc2)=CC1F. The summed E-state index contributed by atoms with van der Waals surface area (Å²) < 4.78 is 30.4. The molecule has 1 heterocycles. The minimum absolute atomic E-state index is 0.366. The van der Waals surface area contributed by atoms with Crippen molar-refractivity contribution in [3.8, 4) is 0 Å². The highest BCUT2D eigenvalue weighted by Gasteiger charge is 2.46. The summed E-state index contributed by atoms with van der Waals surface area (Å²) >= 11 is 1.49. The number of thiophene rings is 1. The Labute approximate surface area is 140 Å². The maximum Gasteiger partial charge on any atom is 0.136 e. The Balaban J connectivity index is 2.07. The van der Waals surface area contributed by atoms with Gasteiger partial charge in [-0.2, -0.15) is 0 Å². The number of hydrogen-bond donors (Lipinski definition) is 0. The molecule has 0 N–H and O–H groups in total. The Kier molecular flexibility index (Phi) is 4.49. The second-order valence-electron chi connectivity index (χ2n) is 6.01. The van der Waals surface area contributed by atoms with Gasteiger partial charge in [0.15, 0.2) is 0 Å². The third-order valence-corrected chi connectivity index (χ3v) is 5.61. The monoisotopic (exact) mass is 330 g/mol. The van der Waals surface area contributed by atoms with Gasteiger partial charge in [0.2, 0.25) is 0 Å². The zero-order valence-corrected chi connectivity index (χ0v) is 14.2. The lowest BCUT2D eigenvalue weighted by Gasteiger charge is -2.36. The van der Waals surface area contributed by atoms with Gasteiger partial charge >= 0.3 is 0 Å². The molecule has 0 saturated heterocycles. The number of hydrogen-bond acceptors (Lipinski definition) is 1. The summed E-state index contributed by atoms with van der Waals surface area (Å²) in [6.07, 6.45) is 2.92. The van der Waals surface area contributed by atoms with Gasteiger partial charge in [0.25, 0.3) is 0 Å². The average molecular weight is 330 g/mol. The van der Waals surface area contributed by atoms with Crippen LogP contribution >= 0.6 is 11.3 Å². The highest BCUT2D eigenvalue weighted by Crippen LogP contribution is 2.49. The summed E-state index contributed by atoms with van der Waals surface area (Å²) in [5, 5.41) is 0. The number of aryl methyl sites for hydroxylation is 1. The quantitative estimate of drug-likeness (QED) is 0.610. The van der Waals surface area contributed by atoms with Crippen LogP contribution in [0.2, 0.25) is 0 Å². The van der Waals surface area contributed by atoms with Crippen molar-refractivity contribution >= 4 is 16.9 Å². The third kappa shape index (κ3) is 2.78. The van der Waals surface area contributed by atoms with E-state index in [1.807, 2.05) is 56.3 Å². The van der Waals surface area contributed by atoms with Gasteiger partial charge in [-0.25, -0.2) is 8.78 Å². The molecule has 0 aliphatic heterocycles. The van der Waals surface area contributed by atoms with E-state index >= 15 is 8.78 Å². The highest BCUT2D eigenvalue weighted by molar-refractivity contribution is 7.12. The van der Waals surface area contributed by atoms with Crippen molar-refractivity contribution in [2.45, 2.75) is 38.3 Å². The topological polar surface area (TPSA) is 0 Å². The van der Waals surface area contributed by atoms with Crippen LogP contribution in [0.25, 0.3) is 5.57 Å². The molecule has 0 spiro atoms. The van der Waals surface area contributed by atoms with Crippen LogP contribution in [0, 0.1) is 6.92 Å². The van der Waals surface area contributed by atoms with Gasteiger partial charge in [0, 0.05) is 9.75 Å². The molecule has 120 valence electrons. The molecule has 1 aromatic carbocycles. The minimum Gasteiger partial charge on any atom is -0.241 e. The number of alkyl halides is 1. The van der Waals surface area contributed by atoms with Gasteiger partial charge in [0.05, 0.1) is 5.41 Å². The zero-order valence-electron chi connectivity index (χ0n) is 13.4. The van der Waals surface area contributed by atoms with E-state index < -0.39 is 11.6 Å². The summed E-state index contributed by atoms with van der Waals surface area (Å²) in [5.41, 5.74) is 0.305. The van der Waals surface area contributed by atoms with Crippen LogP contribution in [-0.4, -0.2) is 6.17 Å². The van der Waals surface area contributed by atoms with Crippen LogP contribution in [0.5, 0.6) is 0 Å². The van der Waals surface area contributed by atoms with Gasteiger partial charge in [-0.15, -0.1) is 11.3 Å². The van der Waals surface area contributed by atoms with Crippen LogP contribution in [-0.2, 0) is 5.41 Å². The maximum absolute atomic E-state index is 15.2. The zero-order chi connectivity index (χ0) is 16.4. The second-order valence-corrected chi connectivity index (χ2v) is 7.30. The molecule has 1 aromatic heterocycles. The fourth-order valence-electron chi connectivity index (χ4n) is 3.26. The maximum atomic E-state index is 15.2. The van der Waals surface area contributed by atoms with Crippen LogP contribution in [0.1, 0.15) is 35.1 Å². The lowest BCUT2D eigenvalue weighted by Crippen LogP contribution is -2.38. The van der Waals surface area contributed by atoms with E-state index in [1.165, 1.54) is 17.4 Å². The Hall–Kier alpha value is -1.74. The summed E-state index contributed by atoms with van der Waals surface area (Å²) in [6, 6.07) is 13.2. The minimum atomic E-state index is -1.36. The van der Waals surface area contributed by atoms with E-state index in [4.69, 9.17) is 0 Å². The molecular formula is C20H20F2S. The van der Waals surface area contributed by atoms with Crippen LogP contribution in [0.15, 0.2) is 60.4 Å².